The van der Waals surface area contributed by atoms with Gasteiger partial charge in [0.2, 0.25) is 0 Å². The number of carbonyl (C=O) groups excluding carboxylic acids is 1. The minimum absolute atomic E-state index is 0. The molecule has 10 heteroatoms. The highest BCUT2D eigenvalue weighted by Gasteiger charge is 2.25. The van der Waals surface area contributed by atoms with Gasteiger partial charge in [-0.05, 0) is 43.7 Å². The van der Waals surface area contributed by atoms with Gasteiger partial charge < -0.3 is 25.6 Å². The maximum Gasteiger partial charge on any atom is 0.251 e. The molecule has 0 aliphatic carbocycles. The largest absolute Gasteiger partial charge is 0.497 e. The van der Waals surface area contributed by atoms with Gasteiger partial charge in [-0.2, -0.15) is 0 Å². The summed E-state index contributed by atoms with van der Waals surface area (Å²) in [5.74, 6) is 1.22. The van der Waals surface area contributed by atoms with Gasteiger partial charge >= 0.3 is 0 Å². The molecule has 1 amide bonds. The van der Waals surface area contributed by atoms with Crippen LogP contribution < -0.4 is 25.6 Å². The SMILES string of the molecule is CCNC(=NCCNC(=O)c1cccc(OC)c1)NC1CCN(c2ncccc2F)C1.I. The van der Waals surface area contributed by atoms with Gasteiger partial charge in [0.1, 0.15) is 5.75 Å². The number of amides is 1. The second kappa shape index (κ2) is 13.0. The monoisotopic (exact) mass is 556 g/mol. The summed E-state index contributed by atoms with van der Waals surface area (Å²) in [6.45, 7) is 4.91. The van der Waals surface area contributed by atoms with Crippen LogP contribution in [0.4, 0.5) is 10.2 Å². The van der Waals surface area contributed by atoms with Crippen molar-refractivity contribution < 1.29 is 13.9 Å². The number of hydrogen-bond acceptors (Lipinski definition) is 5. The zero-order chi connectivity index (χ0) is 22.1. The van der Waals surface area contributed by atoms with Gasteiger partial charge in [0.15, 0.2) is 17.6 Å². The van der Waals surface area contributed by atoms with E-state index in [9.17, 15) is 9.18 Å². The highest BCUT2D eigenvalue weighted by molar-refractivity contribution is 14.0. The first-order valence-electron chi connectivity index (χ1n) is 10.4. The van der Waals surface area contributed by atoms with E-state index < -0.39 is 0 Å². The molecule has 1 saturated heterocycles. The van der Waals surface area contributed by atoms with E-state index in [1.54, 1.807) is 43.6 Å². The van der Waals surface area contributed by atoms with E-state index in [-0.39, 0.29) is 41.7 Å². The molecule has 1 fully saturated rings. The minimum Gasteiger partial charge on any atom is -0.497 e. The zero-order valence-electron chi connectivity index (χ0n) is 18.3. The summed E-state index contributed by atoms with van der Waals surface area (Å²) in [7, 11) is 1.57. The maximum atomic E-state index is 14.0. The number of nitrogens with one attached hydrogen (secondary N) is 3. The number of halogens is 2. The normalized spacial score (nSPS) is 15.7. The Kier molecular flexibility index (Phi) is 10.4. The van der Waals surface area contributed by atoms with Crippen molar-refractivity contribution in [3.8, 4) is 5.75 Å². The standard InChI is InChI=1S/C22H29FN6O2.HI/c1-3-24-22(27-12-11-26-21(30)16-6-4-7-18(14-16)31-2)28-17-9-13-29(15-17)20-19(23)8-5-10-25-20;/h4-8,10,14,17H,3,9,11-13,15H2,1-2H3,(H,26,30)(H2,24,27,28);1H. The van der Waals surface area contributed by atoms with Gasteiger partial charge in [-0.15, -0.1) is 24.0 Å². The summed E-state index contributed by atoms with van der Waals surface area (Å²) in [5.41, 5.74) is 0.543. The molecule has 8 nitrogen and oxygen atoms in total. The Bertz CT molecular complexity index is 913. The molecule has 0 radical (unpaired) electrons. The number of guanidine groups is 1. The smallest absolute Gasteiger partial charge is 0.251 e. The number of methoxy groups -OCH3 is 1. The lowest BCUT2D eigenvalue weighted by molar-refractivity contribution is 0.0954. The van der Waals surface area contributed by atoms with Crippen molar-refractivity contribution in [3.05, 3.63) is 54.0 Å². The first-order chi connectivity index (χ1) is 15.1. The summed E-state index contributed by atoms with van der Waals surface area (Å²) in [5, 5.41) is 9.46. The van der Waals surface area contributed by atoms with Crippen molar-refractivity contribution in [2.45, 2.75) is 19.4 Å². The van der Waals surface area contributed by atoms with Crippen molar-refractivity contribution in [2.24, 2.45) is 4.99 Å². The number of aliphatic imine (C=N–C) groups is 1. The van der Waals surface area contributed by atoms with Gasteiger partial charge in [-0.3, -0.25) is 9.79 Å². The van der Waals surface area contributed by atoms with Crippen molar-refractivity contribution in [1.82, 2.24) is 20.9 Å². The van der Waals surface area contributed by atoms with Crippen molar-refractivity contribution in [3.63, 3.8) is 0 Å². The first-order valence-corrected chi connectivity index (χ1v) is 10.4. The molecular weight excluding hydrogens is 526 g/mol. The lowest BCUT2D eigenvalue weighted by Crippen LogP contribution is -2.45. The number of hydrogen-bond donors (Lipinski definition) is 3. The molecule has 174 valence electrons. The van der Waals surface area contributed by atoms with Gasteiger partial charge in [0.05, 0.1) is 13.7 Å². The average molecular weight is 556 g/mol. The summed E-state index contributed by atoms with van der Waals surface area (Å²) in [6.07, 6.45) is 2.46. The molecular formula is C22H30FIN6O2. The number of nitrogens with zero attached hydrogens (tertiary/aromatic N) is 3. The topological polar surface area (TPSA) is 90.9 Å². The van der Waals surface area contributed by atoms with Crippen LogP contribution in [-0.2, 0) is 0 Å². The third-order valence-corrected chi connectivity index (χ3v) is 4.91. The number of anilines is 1. The lowest BCUT2D eigenvalue weighted by atomic mass is 10.2. The quantitative estimate of drug-likeness (QED) is 0.200. The van der Waals surface area contributed by atoms with E-state index >= 15 is 0 Å². The second-order valence-corrected chi connectivity index (χ2v) is 7.13. The highest BCUT2D eigenvalue weighted by Crippen LogP contribution is 2.20. The highest BCUT2D eigenvalue weighted by atomic mass is 127. The molecule has 0 saturated carbocycles. The van der Waals surface area contributed by atoms with Crippen LogP contribution in [0.1, 0.15) is 23.7 Å². The summed E-state index contributed by atoms with van der Waals surface area (Å²) in [6, 6.07) is 10.2. The van der Waals surface area contributed by atoms with E-state index in [0.29, 0.717) is 49.3 Å². The molecule has 1 aromatic heterocycles. The van der Waals surface area contributed by atoms with Gasteiger partial charge in [0.25, 0.3) is 5.91 Å². The minimum atomic E-state index is -0.310. The second-order valence-electron chi connectivity index (χ2n) is 7.13. The van der Waals surface area contributed by atoms with E-state index in [0.717, 1.165) is 13.0 Å². The maximum absolute atomic E-state index is 14.0. The molecule has 1 aliphatic rings. The fourth-order valence-electron chi connectivity index (χ4n) is 3.40. The number of aromatic nitrogens is 1. The van der Waals surface area contributed by atoms with Crippen LogP contribution in [0.25, 0.3) is 0 Å². The molecule has 0 spiro atoms. The third kappa shape index (κ3) is 7.21. The van der Waals surface area contributed by atoms with Crippen LogP contribution in [0.15, 0.2) is 47.6 Å². The van der Waals surface area contributed by atoms with Gasteiger partial charge in [-0.1, -0.05) is 6.07 Å². The Morgan fingerprint density at radius 2 is 2.16 bits per heavy atom. The molecule has 1 atom stereocenters. The Labute approximate surface area is 205 Å². The van der Waals surface area contributed by atoms with Crippen molar-refractivity contribution in [1.29, 1.82) is 0 Å². The van der Waals surface area contributed by atoms with Crippen LogP contribution in [0.3, 0.4) is 0 Å². The van der Waals surface area contributed by atoms with Crippen molar-refractivity contribution >= 4 is 41.7 Å². The Morgan fingerprint density at radius 3 is 2.91 bits per heavy atom. The van der Waals surface area contributed by atoms with E-state index in [2.05, 4.69) is 25.9 Å². The number of ether oxygens (including phenoxy) is 1. The number of pyridine rings is 1. The van der Waals surface area contributed by atoms with Crippen LogP contribution >= 0.6 is 24.0 Å². The van der Waals surface area contributed by atoms with E-state index in [1.807, 2.05) is 11.8 Å². The number of rotatable bonds is 8. The van der Waals surface area contributed by atoms with Crippen molar-refractivity contribution in [2.75, 3.05) is 44.7 Å². The van der Waals surface area contributed by atoms with E-state index in [1.165, 1.54) is 6.07 Å². The van der Waals surface area contributed by atoms with Crippen LogP contribution in [0, 0.1) is 5.82 Å². The molecule has 1 aromatic carbocycles. The molecule has 3 N–H and O–H groups in total. The van der Waals surface area contributed by atoms with Gasteiger partial charge in [0, 0.05) is 44.0 Å². The first kappa shape index (κ1) is 25.6. The van der Waals surface area contributed by atoms with E-state index in [4.69, 9.17) is 4.74 Å². The molecule has 1 unspecified atom stereocenters. The molecule has 32 heavy (non-hydrogen) atoms. The predicted octanol–water partition coefficient (Wildman–Crippen LogP) is 2.41. The fourth-order valence-corrected chi connectivity index (χ4v) is 3.40. The summed E-state index contributed by atoms with van der Waals surface area (Å²) < 4.78 is 19.1. The zero-order valence-corrected chi connectivity index (χ0v) is 20.6. The molecule has 3 rings (SSSR count). The predicted molar refractivity (Wildman–Crippen MR) is 135 cm³/mol. The van der Waals surface area contributed by atoms with Crippen LogP contribution in [0.5, 0.6) is 5.75 Å². The molecule has 2 heterocycles. The molecule has 2 aromatic rings. The Balaban J connectivity index is 0.00000363. The lowest BCUT2D eigenvalue weighted by Gasteiger charge is -2.20. The fraction of sp³-hybridized carbons (Fsp3) is 0.409. The van der Waals surface area contributed by atoms with Gasteiger partial charge in [-0.25, -0.2) is 9.37 Å². The number of benzene rings is 1. The summed E-state index contributed by atoms with van der Waals surface area (Å²) >= 11 is 0. The molecule has 1 aliphatic heterocycles. The number of carbonyl (C=O) groups is 1. The Hall–Kier alpha value is -2.63. The van der Waals surface area contributed by atoms with Crippen LogP contribution in [-0.4, -0.2) is 62.7 Å². The molecule has 0 bridgehead atoms. The Morgan fingerprint density at radius 1 is 1.31 bits per heavy atom. The third-order valence-electron chi connectivity index (χ3n) is 4.91. The van der Waals surface area contributed by atoms with Crippen LogP contribution in [0.2, 0.25) is 0 Å². The summed E-state index contributed by atoms with van der Waals surface area (Å²) in [4.78, 5) is 22.9. The average Bonchev–Trinajstić information content (AvgIpc) is 3.25.